The van der Waals surface area contributed by atoms with Crippen molar-refractivity contribution in [2.45, 2.75) is 52.4 Å². The number of para-hydroxylation sites is 1. The van der Waals surface area contributed by atoms with Crippen molar-refractivity contribution >= 4 is 17.2 Å². The summed E-state index contributed by atoms with van der Waals surface area (Å²) in [6.45, 7) is 9.77. The maximum Gasteiger partial charge on any atom is 0.249 e. The van der Waals surface area contributed by atoms with Gasteiger partial charge in [0, 0.05) is 37.7 Å². The lowest BCUT2D eigenvalue weighted by Crippen LogP contribution is -2.18. The number of aryl methyl sites for hydroxylation is 1. The van der Waals surface area contributed by atoms with Crippen LogP contribution in [-0.4, -0.2) is 25.4 Å². The van der Waals surface area contributed by atoms with Crippen LogP contribution in [-0.2, 0) is 6.42 Å². The van der Waals surface area contributed by atoms with Crippen molar-refractivity contribution in [1.29, 1.82) is 0 Å². The molecule has 0 aromatic heterocycles. The fourth-order valence-electron chi connectivity index (χ4n) is 2.53. The number of anilines is 1. The molecule has 0 radical (unpaired) electrons. The van der Waals surface area contributed by atoms with Gasteiger partial charge >= 0.3 is 0 Å². The zero-order valence-corrected chi connectivity index (χ0v) is 15.2. The zero-order chi connectivity index (χ0) is 18.2. The topological polar surface area (TPSA) is 36.4 Å². The SMILES string of the molecule is C=C(NC)c1cccc(CC)c1NC(C)=NCCC(F)(F)CCC. The van der Waals surface area contributed by atoms with Crippen LogP contribution in [0.5, 0.6) is 0 Å². The van der Waals surface area contributed by atoms with Gasteiger partial charge in [-0.05, 0) is 18.9 Å². The van der Waals surface area contributed by atoms with Crippen LogP contribution < -0.4 is 10.6 Å². The Morgan fingerprint density at radius 1 is 1.25 bits per heavy atom. The summed E-state index contributed by atoms with van der Waals surface area (Å²) in [4.78, 5) is 4.26. The predicted molar refractivity (Wildman–Crippen MR) is 100.0 cm³/mol. The molecule has 1 aromatic carbocycles. The van der Waals surface area contributed by atoms with E-state index in [2.05, 4.69) is 29.1 Å². The van der Waals surface area contributed by atoms with E-state index in [1.54, 1.807) is 13.8 Å². The molecule has 134 valence electrons. The summed E-state index contributed by atoms with van der Waals surface area (Å²) in [5.74, 6) is -2.00. The summed E-state index contributed by atoms with van der Waals surface area (Å²) in [7, 11) is 1.82. The number of rotatable bonds is 9. The van der Waals surface area contributed by atoms with Crippen LogP contribution in [0.3, 0.4) is 0 Å². The number of halogens is 2. The number of benzene rings is 1. The van der Waals surface area contributed by atoms with E-state index >= 15 is 0 Å². The summed E-state index contributed by atoms with van der Waals surface area (Å²) >= 11 is 0. The normalized spacial score (nSPS) is 12.2. The highest BCUT2D eigenvalue weighted by Gasteiger charge is 2.26. The quantitative estimate of drug-likeness (QED) is 0.486. The number of nitrogens with zero attached hydrogens (tertiary/aromatic N) is 1. The molecule has 0 aliphatic rings. The minimum Gasteiger partial charge on any atom is -0.388 e. The molecule has 0 atom stereocenters. The van der Waals surface area contributed by atoms with Gasteiger partial charge in [-0.2, -0.15) is 0 Å². The molecule has 0 heterocycles. The number of amidine groups is 1. The Kier molecular flexibility index (Phi) is 7.89. The van der Waals surface area contributed by atoms with Crippen molar-refractivity contribution in [3.63, 3.8) is 0 Å². The lowest BCUT2D eigenvalue weighted by molar-refractivity contribution is -0.0140. The predicted octanol–water partition coefficient (Wildman–Crippen LogP) is 5.09. The van der Waals surface area contributed by atoms with E-state index in [-0.39, 0.29) is 19.4 Å². The van der Waals surface area contributed by atoms with E-state index in [1.165, 1.54) is 0 Å². The summed E-state index contributed by atoms with van der Waals surface area (Å²) in [5.41, 5.74) is 3.83. The zero-order valence-electron chi connectivity index (χ0n) is 15.2. The summed E-state index contributed by atoms with van der Waals surface area (Å²) in [5, 5.41) is 6.32. The minimum absolute atomic E-state index is 0.0835. The molecule has 0 saturated heterocycles. The molecular formula is C19H29F2N3. The molecule has 0 spiro atoms. The summed E-state index contributed by atoms with van der Waals surface area (Å²) in [6, 6.07) is 6.00. The summed E-state index contributed by atoms with van der Waals surface area (Å²) in [6.07, 6.45) is 1.04. The summed E-state index contributed by atoms with van der Waals surface area (Å²) < 4.78 is 27.1. The van der Waals surface area contributed by atoms with Gasteiger partial charge in [0.25, 0.3) is 0 Å². The first-order chi connectivity index (χ1) is 11.3. The Morgan fingerprint density at radius 3 is 2.54 bits per heavy atom. The number of nitrogens with one attached hydrogen (secondary N) is 2. The smallest absolute Gasteiger partial charge is 0.249 e. The second-order valence-corrected chi connectivity index (χ2v) is 5.87. The number of alkyl halides is 2. The van der Waals surface area contributed by atoms with Gasteiger partial charge < -0.3 is 10.6 Å². The molecular weight excluding hydrogens is 308 g/mol. The van der Waals surface area contributed by atoms with Gasteiger partial charge in [-0.1, -0.05) is 45.0 Å². The largest absolute Gasteiger partial charge is 0.388 e. The average molecular weight is 337 g/mol. The van der Waals surface area contributed by atoms with Crippen molar-refractivity contribution < 1.29 is 8.78 Å². The van der Waals surface area contributed by atoms with Crippen LogP contribution in [0.25, 0.3) is 5.70 Å². The third-order valence-corrected chi connectivity index (χ3v) is 3.91. The number of hydrogen-bond acceptors (Lipinski definition) is 2. The van der Waals surface area contributed by atoms with Crippen molar-refractivity contribution in [2.24, 2.45) is 4.99 Å². The molecule has 0 unspecified atom stereocenters. The van der Waals surface area contributed by atoms with E-state index in [1.807, 2.05) is 25.2 Å². The minimum atomic E-state index is -2.63. The second kappa shape index (κ2) is 9.40. The van der Waals surface area contributed by atoms with Crippen LogP contribution in [0, 0.1) is 0 Å². The third kappa shape index (κ3) is 5.95. The van der Waals surface area contributed by atoms with Crippen molar-refractivity contribution in [1.82, 2.24) is 5.32 Å². The lowest BCUT2D eigenvalue weighted by atomic mass is 10.0. The molecule has 1 aromatic rings. The van der Waals surface area contributed by atoms with Gasteiger partial charge in [-0.25, -0.2) is 8.78 Å². The monoisotopic (exact) mass is 337 g/mol. The number of hydrogen-bond donors (Lipinski definition) is 2. The van der Waals surface area contributed by atoms with Crippen molar-refractivity contribution in [3.8, 4) is 0 Å². The fourth-order valence-corrected chi connectivity index (χ4v) is 2.53. The first-order valence-electron chi connectivity index (χ1n) is 8.49. The van der Waals surface area contributed by atoms with E-state index in [4.69, 9.17) is 0 Å². The molecule has 1 rings (SSSR count). The first kappa shape index (κ1) is 20.1. The molecule has 0 aliphatic carbocycles. The van der Waals surface area contributed by atoms with Crippen LogP contribution in [0.1, 0.15) is 51.2 Å². The maximum absolute atomic E-state index is 13.5. The number of aliphatic imine (C=N–C) groups is 1. The van der Waals surface area contributed by atoms with Crippen LogP contribution in [0.15, 0.2) is 29.8 Å². The lowest BCUT2D eigenvalue weighted by Gasteiger charge is -2.18. The van der Waals surface area contributed by atoms with E-state index in [9.17, 15) is 8.78 Å². The third-order valence-electron chi connectivity index (χ3n) is 3.91. The Hall–Kier alpha value is -1.91. The Morgan fingerprint density at radius 2 is 1.96 bits per heavy atom. The van der Waals surface area contributed by atoms with Crippen LogP contribution in [0.4, 0.5) is 14.5 Å². The highest BCUT2D eigenvalue weighted by molar-refractivity contribution is 5.97. The average Bonchev–Trinajstić information content (AvgIpc) is 2.54. The molecule has 0 amide bonds. The van der Waals surface area contributed by atoms with Gasteiger partial charge in [0.15, 0.2) is 0 Å². The Bertz CT molecular complexity index is 580. The van der Waals surface area contributed by atoms with Crippen molar-refractivity contribution in [2.75, 3.05) is 18.9 Å². The molecule has 0 bridgehead atoms. The maximum atomic E-state index is 13.5. The van der Waals surface area contributed by atoms with Gasteiger partial charge in [0.05, 0.1) is 11.5 Å². The molecule has 5 heteroatoms. The first-order valence-corrected chi connectivity index (χ1v) is 8.49. The van der Waals surface area contributed by atoms with E-state index in [0.717, 1.165) is 28.9 Å². The van der Waals surface area contributed by atoms with E-state index in [0.29, 0.717) is 12.3 Å². The Labute approximate surface area is 144 Å². The molecule has 24 heavy (non-hydrogen) atoms. The molecule has 0 aliphatic heterocycles. The van der Waals surface area contributed by atoms with Crippen LogP contribution >= 0.6 is 0 Å². The molecule has 2 N–H and O–H groups in total. The van der Waals surface area contributed by atoms with Gasteiger partial charge in [-0.15, -0.1) is 0 Å². The highest BCUT2D eigenvalue weighted by Crippen LogP contribution is 2.27. The molecule has 0 fully saturated rings. The Balaban J connectivity index is 2.87. The van der Waals surface area contributed by atoms with Crippen molar-refractivity contribution in [3.05, 3.63) is 35.9 Å². The van der Waals surface area contributed by atoms with Gasteiger partial charge in [0.1, 0.15) is 0 Å². The second-order valence-electron chi connectivity index (χ2n) is 5.87. The van der Waals surface area contributed by atoms with E-state index < -0.39 is 5.92 Å². The molecule has 0 saturated carbocycles. The standard InChI is InChI=1S/C19H29F2N3/c1-6-11-19(20,21)12-13-23-15(4)24-18-16(7-2)9-8-10-17(18)14(3)22-5/h8-10,22H,3,6-7,11-13H2,1-2,4-5H3,(H,23,24). The molecule has 3 nitrogen and oxygen atoms in total. The van der Waals surface area contributed by atoms with Gasteiger partial charge in [-0.3, -0.25) is 4.99 Å². The van der Waals surface area contributed by atoms with Crippen LogP contribution in [0.2, 0.25) is 0 Å². The highest BCUT2D eigenvalue weighted by atomic mass is 19.3. The fraction of sp³-hybridized carbons (Fsp3) is 0.526. The van der Waals surface area contributed by atoms with Gasteiger partial charge in [0.2, 0.25) is 5.92 Å².